The van der Waals surface area contributed by atoms with E-state index in [2.05, 4.69) is 10.3 Å². The van der Waals surface area contributed by atoms with Crippen LogP contribution < -0.4 is 10.9 Å². The molecule has 146 valence electrons. The van der Waals surface area contributed by atoms with Gasteiger partial charge in [-0.05, 0) is 48.9 Å². The fraction of sp³-hybridized carbons (Fsp3) is 0.174. The van der Waals surface area contributed by atoms with Gasteiger partial charge in [-0.15, -0.1) is 0 Å². The van der Waals surface area contributed by atoms with Crippen LogP contribution in [-0.2, 0) is 13.0 Å². The molecule has 6 nitrogen and oxygen atoms in total. The summed E-state index contributed by atoms with van der Waals surface area (Å²) in [6, 6.07) is 18.6. The Morgan fingerprint density at radius 3 is 2.62 bits per heavy atom. The number of furan rings is 1. The average molecular weight is 387 g/mol. The second-order valence-electron chi connectivity index (χ2n) is 6.86. The number of hydrogen-bond acceptors (Lipinski definition) is 4. The van der Waals surface area contributed by atoms with Crippen molar-refractivity contribution in [3.8, 4) is 0 Å². The third kappa shape index (κ3) is 4.11. The quantitative estimate of drug-likeness (QED) is 0.551. The summed E-state index contributed by atoms with van der Waals surface area (Å²) >= 11 is 0. The van der Waals surface area contributed by atoms with E-state index in [1.807, 2.05) is 48.5 Å². The third-order valence-corrected chi connectivity index (χ3v) is 4.81. The summed E-state index contributed by atoms with van der Waals surface area (Å²) in [7, 11) is 0. The van der Waals surface area contributed by atoms with E-state index in [4.69, 9.17) is 4.42 Å². The van der Waals surface area contributed by atoms with Crippen LogP contribution in [0.5, 0.6) is 0 Å². The maximum atomic E-state index is 12.6. The number of carbonyl (C=O) groups excluding carboxylic acids is 1. The lowest BCUT2D eigenvalue weighted by Crippen LogP contribution is -2.26. The Balaban J connectivity index is 1.47. The zero-order chi connectivity index (χ0) is 20.2. The van der Waals surface area contributed by atoms with Crippen molar-refractivity contribution in [2.24, 2.45) is 0 Å². The predicted molar refractivity (Wildman–Crippen MR) is 111 cm³/mol. The number of nitrogens with zero attached hydrogens (tertiary/aromatic N) is 2. The van der Waals surface area contributed by atoms with Gasteiger partial charge in [0, 0.05) is 18.5 Å². The highest BCUT2D eigenvalue weighted by molar-refractivity contribution is 5.94. The van der Waals surface area contributed by atoms with Crippen molar-refractivity contribution < 1.29 is 9.21 Å². The molecule has 6 heteroatoms. The van der Waals surface area contributed by atoms with Gasteiger partial charge in [0.05, 0.1) is 23.8 Å². The van der Waals surface area contributed by atoms with Gasteiger partial charge in [-0.1, -0.05) is 24.3 Å². The van der Waals surface area contributed by atoms with Crippen LogP contribution in [0.2, 0.25) is 0 Å². The molecule has 2 aromatic heterocycles. The molecule has 4 aromatic rings. The molecule has 0 spiro atoms. The lowest BCUT2D eigenvalue weighted by atomic mass is 10.1. The number of amides is 1. The molecule has 0 fully saturated rings. The predicted octanol–water partition coefficient (Wildman–Crippen LogP) is 3.32. The van der Waals surface area contributed by atoms with Crippen LogP contribution in [0.1, 0.15) is 27.4 Å². The van der Waals surface area contributed by atoms with Gasteiger partial charge in [-0.2, -0.15) is 0 Å². The molecule has 0 radical (unpaired) electrons. The van der Waals surface area contributed by atoms with E-state index < -0.39 is 0 Å². The SMILES string of the molecule is Cc1nc2ccccc2n(Cc2ccc(C(=O)NCCc3ccco3)cc2)c1=O. The first-order valence-corrected chi connectivity index (χ1v) is 9.47. The summed E-state index contributed by atoms with van der Waals surface area (Å²) in [4.78, 5) is 29.3. The molecule has 1 N–H and O–H groups in total. The second-order valence-corrected chi connectivity index (χ2v) is 6.86. The molecule has 0 bridgehead atoms. The molecule has 2 aromatic carbocycles. The lowest BCUT2D eigenvalue weighted by Gasteiger charge is -2.11. The van der Waals surface area contributed by atoms with Crippen LogP contribution in [-0.4, -0.2) is 22.0 Å². The van der Waals surface area contributed by atoms with Gasteiger partial charge in [0.2, 0.25) is 0 Å². The van der Waals surface area contributed by atoms with Gasteiger partial charge in [-0.3, -0.25) is 9.59 Å². The van der Waals surface area contributed by atoms with Gasteiger partial charge in [-0.25, -0.2) is 4.98 Å². The molecule has 4 rings (SSSR count). The van der Waals surface area contributed by atoms with Gasteiger partial charge in [0.1, 0.15) is 11.5 Å². The molecule has 29 heavy (non-hydrogen) atoms. The normalized spacial score (nSPS) is 10.9. The number of benzene rings is 2. The zero-order valence-corrected chi connectivity index (χ0v) is 16.1. The van der Waals surface area contributed by atoms with E-state index in [1.54, 1.807) is 29.9 Å². The van der Waals surface area contributed by atoms with Crippen LogP contribution in [0.3, 0.4) is 0 Å². The van der Waals surface area contributed by atoms with E-state index in [0.29, 0.717) is 30.8 Å². The lowest BCUT2D eigenvalue weighted by molar-refractivity contribution is 0.0953. The number of aryl methyl sites for hydroxylation is 1. The van der Waals surface area contributed by atoms with Crippen molar-refractivity contribution in [1.29, 1.82) is 0 Å². The largest absolute Gasteiger partial charge is 0.469 e. The van der Waals surface area contributed by atoms with E-state index >= 15 is 0 Å². The molecule has 0 aliphatic heterocycles. The van der Waals surface area contributed by atoms with Crippen LogP contribution in [0, 0.1) is 6.92 Å². The topological polar surface area (TPSA) is 77.1 Å². The van der Waals surface area contributed by atoms with E-state index in [0.717, 1.165) is 22.4 Å². The van der Waals surface area contributed by atoms with Gasteiger partial charge >= 0.3 is 0 Å². The summed E-state index contributed by atoms with van der Waals surface area (Å²) in [5, 5.41) is 2.88. The molecule has 0 atom stereocenters. The summed E-state index contributed by atoms with van der Waals surface area (Å²) in [5.74, 6) is 0.705. The van der Waals surface area contributed by atoms with Gasteiger partial charge < -0.3 is 14.3 Å². The maximum absolute atomic E-state index is 12.6. The van der Waals surface area contributed by atoms with Crippen molar-refractivity contribution in [2.45, 2.75) is 19.9 Å². The Morgan fingerprint density at radius 1 is 1.07 bits per heavy atom. The Bertz CT molecular complexity index is 1190. The monoisotopic (exact) mass is 387 g/mol. The zero-order valence-electron chi connectivity index (χ0n) is 16.1. The Morgan fingerprint density at radius 2 is 1.86 bits per heavy atom. The molecular weight excluding hydrogens is 366 g/mol. The van der Waals surface area contributed by atoms with Crippen LogP contribution in [0.25, 0.3) is 11.0 Å². The van der Waals surface area contributed by atoms with Crippen molar-refractivity contribution in [3.63, 3.8) is 0 Å². The second kappa shape index (κ2) is 8.14. The first-order valence-electron chi connectivity index (χ1n) is 9.47. The minimum absolute atomic E-state index is 0.108. The van der Waals surface area contributed by atoms with E-state index in [9.17, 15) is 9.59 Å². The van der Waals surface area contributed by atoms with Crippen molar-refractivity contribution >= 4 is 16.9 Å². The minimum atomic E-state index is -0.134. The van der Waals surface area contributed by atoms with Crippen molar-refractivity contribution in [2.75, 3.05) is 6.54 Å². The standard InChI is InChI=1S/C23H21N3O3/c1-16-23(28)26(21-7-3-2-6-20(21)25-16)15-17-8-10-18(11-9-17)22(27)24-13-12-19-5-4-14-29-19/h2-11,14H,12-13,15H2,1H3,(H,24,27). The van der Waals surface area contributed by atoms with Gasteiger partial charge in [0.15, 0.2) is 0 Å². The Labute approximate surface area is 167 Å². The molecule has 0 saturated heterocycles. The number of fused-ring (bicyclic) bond motifs is 1. The molecule has 0 aliphatic rings. The maximum Gasteiger partial charge on any atom is 0.272 e. The first kappa shape index (κ1) is 18.7. The van der Waals surface area contributed by atoms with Crippen LogP contribution >= 0.6 is 0 Å². The van der Waals surface area contributed by atoms with Crippen molar-refractivity contribution in [3.05, 3.63) is 99.9 Å². The van der Waals surface area contributed by atoms with Crippen LogP contribution in [0.4, 0.5) is 0 Å². The highest BCUT2D eigenvalue weighted by Gasteiger charge is 2.10. The van der Waals surface area contributed by atoms with Crippen LogP contribution in [0.15, 0.2) is 76.1 Å². The number of rotatable bonds is 6. The molecule has 0 unspecified atom stereocenters. The number of carbonyl (C=O) groups is 1. The van der Waals surface area contributed by atoms with Crippen molar-refractivity contribution in [1.82, 2.24) is 14.9 Å². The molecular formula is C23H21N3O3. The molecule has 1 amide bonds. The first-order chi connectivity index (χ1) is 14.1. The average Bonchev–Trinajstić information content (AvgIpc) is 3.25. The summed E-state index contributed by atoms with van der Waals surface area (Å²) in [6.07, 6.45) is 2.27. The van der Waals surface area contributed by atoms with Gasteiger partial charge in [0.25, 0.3) is 11.5 Å². The van der Waals surface area contributed by atoms with E-state index in [1.165, 1.54) is 0 Å². The fourth-order valence-corrected chi connectivity index (χ4v) is 3.28. The summed E-state index contributed by atoms with van der Waals surface area (Å²) in [5.41, 5.74) is 3.46. The fourth-order valence-electron chi connectivity index (χ4n) is 3.28. The number of aromatic nitrogens is 2. The molecule has 0 aliphatic carbocycles. The summed E-state index contributed by atoms with van der Waals surface area (Å²) < 4.78 is 6.98. The van der Waals surface area contributed by atoms with E-state index in [-0.39, 0.29) is 11.5 Å². The molecule has 0 saturated carbocycles. The summed E-state index contributed by atoms with van der Waals surface area (Å²) in [6.45, 7) is 2.65. The Kier molecular flexibility index (Phi) is 5.24. The number of para-hydroxylation sites is 2. The number of hydrogen-bond donors (Lipinski definition) is 1. The smallest absolute Gasteiger partial charge is 0.272 e. The molecule has 2 heterocycles. The number of nitrogens with one attached hydrogen (secondary N) is 1. The highest BCUT2D eigenvalue weighted by Crippen LogP contribution is 2.13. The highest BCUT2D eigenvalue weighted by atomic mass is 16.3. The third-order valence-electron chi connectivity index (χ3n) is 4.81. The Hall–Kier alpha value is -3.67. The minimum Gasteiger partial charge on any atom is -0.469 e.